The van der Waals surface area contributed by atoms with Gasteiger partial charge in [0.15, 0.2) is 0 Å². The second-order valence-corrected chi connectivity index (χ2v) is 3.75. The predicted octanol–water partition coefficient (Wildman–Crippen LogP) is 4.72. The van der Waals surface area contributed by atoms with Crippen LogP contribution in [0.4, 0.5) is 13.2 Å². The van der Waals surface area contributed by atoms with Crippen molar-refractivity contribution in [1.29, 1.82) is 0 Å². The summed E-state index contributed by atoms with van der Waals surface area (Å²) in [5.41, 5.74) is -0.867. The zero-order valence-corrected chi connectivity index (χ0v) is 9.41. The van der Waals surface area contributed by atoms with Crippen LogP contribution >= 0.6 is 15.9 Å². The smallest absolute Gasteiger partial charge is 0.166 e. The Hall–Kier alpha value is -0.770. The molecule has 0 aliphatic carbocycles. The Morgan fingerprint density at radius 2 is 2.13 bits per heavy atom. The molecule has 4 heteroatoms. The first-order valence-corrected chi connectivity index (χ1v) is 4.90. The Labute approximate surface area is 99.1 Å². The van der Waals surface area contributed by atoms with Gasteiger partial charge in [0, 0.05) is 8.58 Å². The Kier molecular flexibility index (Phi) is 2.46. The standard InChI is InChI=1S/C11H10BrF3/c1-3-9(11(13,14)15)8-5-4-7(2)10(12)6-8/h3-6H,1-2H3/b9-3-/i2D3. The van der Waals surface area contributed by atoms with E-state index in [1.165, 1.54) is 19.1 Å². The first-order valence-electron chi connectivity index (χ1n) is 5.61. The molecule has 0 atom stereocenters. The molecule has 1 aromatic carbocycles. The van der Waals surface area contributed by atoms with E-state index in [1.807, 2.05) is 0 Å². The van der Waals surface area contributed by atoms with Crippen LogP contribution in [0.1, 0.15) is 22.2 Å². The van der Waals surface area contributed by atoms with Gasteiger partial charge in [-0.25, -0.2) is 0 Å². The maximum absolute atomic E-state index is 12.7. The lowest BCUT2D eigenvalue weighted by Crippen LogP contribution is -2.10. The van der Waals surface area contributed by atoms with Gasteiger partial charge in [0.1, 0.15) is 0 Å². The number of rotatable bonds is 1. The Morgan fingerprint density at radius 1 is 1.47 bits per heavy atom. The van der Waals surface area contributed by atoms with Gasteiger partial charge in [0.2, 0.25) is 0 Å². The molecule has 0 fully saturated rings. The van der Waals surface area contributed by atoms with Crippen LogP contribution in [-0.4, -0.2) is 6.18 Å². The van der Waals surface area contributed by atoms with Gasteiger partial charge in [-0.15, -0.1) is 0 Å². The second kappa shape index (κ2) is 4.39. The van der Waals surface area contributed by atoms with E-state index < -0.39 is 18.6 Å². The van der Waals surface area contributed by atoms with Crippen LogP contribution in [0.5, 0.6) is 0 Å². The zero-order chi connectivity index (χ0) is 14.1. The van der Waals surface area contributed by atoms with Crippen molar-refractivity contribution >= 4 is 21.5 Å². The molecule has 0 saturated carbocycles. The lowest BCUT2D eigenvalue weighted by molar-refractivity contribution is -0.0689. The van der Waals surface area contributed by atoms with E-state index in [2.05, 4.69) is 15.9 Å². The Balaban J connectivity index is 3.28. The van der Waals surface area contributed by atoms with E-state index in [1.54, 1.807) is 0 Å². The normalized spacial score (nSPS) is 16.9. The van der Waals surface area contributed by atoms with Crippen LogP contribution in [-0.2, 0) is 0 Å². The number of hydrogen-bond donors (Lipinski definition) is 0. The van der Waals surface area contributed by atoms with Gasteiger partial charge in [-0.05, 0) is 31.0 Å². The number of allylic oxidation sites excluding steroid dienone is 2. The molecular formula is C11H10BrF3. The number of aryl methyl sites for hydroxylation is 1. The molecule has 1 aromatic rings. The predicted molar refractivity (Wildman–Crippen MR) is 58.6 cm³/mol. The third-order valence-corrected chi connectivity index (χ3v) is 2.53. The summed E-state index contributed by atoms with van der Waals surface area (Å²) in [6.07, 6.45) is -3.51. The van der Waals surface area contributed by atoms with Gasteiger partial charge < -0.3 is 0 Å². The molecule has 0 amide bonds. The van der Waals surface area contributed by atoms with Crippen molar-refractivity contribution in [3.63, 3.8) is 0 Å². The van der Waals surface area contributed by atoms with Crippen molar-refractivity contribution in [3.8, 4) is 0 Å². The van der Waals surface area contributed by atoms with Crippen molar-refractivity contribution in [2.75, 3.05) is 0 Å². The fourth-order valence-corrected chi connectivity index (χ4v) is 1.56. The highest BCUT2D eigenvalue weighted by atomic mass is 79.9. The maximum atomic E-state index is 12.7. The summed E-state index contributed by atoms with van der Waals surface area (Å²) in [5.74, 6) is 0. The first-order chi connectivity index (χ1) is 8.07. The van der Waals surface area contributed by atoms with Crippen molar-refractivity contribution in [1.82, 2.24) is 0 Å². The van der Waals surface area contributed by atoms with Gasteiger partial charge in [0.25, 0.3) is 0 Å². The van der Waals surface area contributed by atoms with Crippen LogP contribution in [0.25, 0.3) is 5.57 Å². The molecule has 0 nitrogen and oxygen atoms in total. The minimum Gasteiger partial charge on any atom is -0.166 e. The Bertz CT molecular complexity index is 475. The third kappa shape index (κ3) is 2.84. The van der Waals surface area contributed by atoms with Crippen LogP contribution in [0, 0.1) is 6.85 Å². The number of benzene rings is 1. The second-order valence-electron chi connectivity index (χ2n) is 2.89. The summed E-state index contributed by atoms with van der Waals surface area (Å²) < 4.78 is 59.9. The number of halogens is 4. The molecule has 0 saturated heterocycles. The third-order valence-electron chi connectivity index (χ3n) is 1.87. The van der Waals surface area contributed by atoms with Gasteiger partial charge in [-0.3, -0.25) is 0 Å². The van der Waals surface area contributed by atoms with E-state index in [0.29, 0.717) is 0 Å². The van der Waals surface area contributed by atoms with E-state index >= 15 is 0 Å². The van der Waals surface area contributed by atoms with Gasteiger partial charge in [-0.2, -0.15) is 13.2 Å². The number of alkyl halides is 3. The molecule has 0 radical (unpaired) electrons. The molecule has 0 aliphatic rings. The molecule has 0 unspecified atom stereocenters. The minimum atomic E-state index is -4.46. The summed E-state index contributed by atoms with van der Waals surface area (Å²) >= 11 is 2.99. The fraction of sp³-hybridized carbons (Fsp3) is 0.273. The molecule has 0 aliphatic heterocycles. The van der Waals surface area contributed by atoms with Crippen LogP contribution in [0.15, 0.2) is 28.7 Å². The summed E-state index contributed by atoms with van der Waals surface area (Å²) in [7, 11) is 0. The lowest BCUT2D eigenvalue weighted by atomic mass is 10.0. The highest BCUT2D eigenvalue weighted by Gasteiger charge is 2.33. The molecule has 1 rings (SSSR count). The fourth-order valence-electron chi connectivity index (χ4n) is 1.18. The largest absolute Gasteiger partial charge is 0.416 e. The van der Waals surface area contributed by atoms with Crippen molar-refractivity contribution in [2.45, 2.75) is 20.0 Å². The van der Waals surface area contributed by atoms with Crippen molar-refractivity contribution in [3.05, 3.63) is 39.9 Å². The van der Waals surface area contributed by atoms with Crippen molar-refractivity contribution in [2.24, 2.45) is 0 Å². The molecule has 0 heterocycles. The topological polar surface area (TPSA) is 0 Å². The number of hydrogen-bond acceptors (Lipinski definition) is 0. The van der Waals surface area contributed by atoms with Crippen LogP contribution < -0.4 is 0 Å². The first kappa shape index (κ1) is 8.39. The molecule has 82 valence electrons. The van der Waals surface area contributed by atoms with Gasteiger partial charge in [0.05, 0.1) is 5.57 Å². The van der Waals surface area contributed by atoms with E-state index in [9.17, 15) is 13.2 Å². The molecule has 15 heavy (non-hydrogen) atoms. The summed E-state index contributed by atoms with van der Waals surface area (Å²) in [6.45, 7) is -1.07. The zero-order valence-electron chi connectivity index (χ0n) is 10.8. The monoisotopic (exact) mass is 281 g/mol. The highest BCUT2D eigenvalue weighted by molar-refractivity contribution is 9.10. The lowest BCUT2D eigenvalue weighted by Gasteiger charge is -2.12. The quantitative estimate of drug-likeness (QED) is 0.699. The summed E-state index contributed by atoms with van der Waals surface area (Å²) in [5, 5.41) is 0. The maximum Gasteiger partial charge on any atom is 0.416 e. The molecule has 0 aromatic heterocycles. The van der Waals surface area contributed by atoms with E-state index in [0.717, 1.165) is 12.1 Å². The Morgan fingerprint density at radius 3 is 2.53 bits per heavy atom. The molecule has 0 spiro atoms. The van der Waals surface area contributed by atoms with E-state index in [4.69, 9.17) is 4.11 Å². The van der Waals surface area contributed by atoms with E-state index in [-0.39, 0.29) is 15.6 Å². The molecule has 0 bridgehead atoms. The van der Waals surface area contributed by atoms with Gasteiger partial charge >= 0.3 is 6.18 Å². The van der Waals surface area contributed by atoms with Crippen molar-refractivity contribution < 1.29 is 17.3 Å². The minimum absolute atomic E-state index is 0.0103. The van der Waals surface area contributed by atoms with Crippen LogP contribution in [0.2, 0.25) is 0 Å². The molecule has 0 N–H and O–H groups in total. The summed E-state index contributed by atoms with van der Waals surface area (Å²) in [6, 6.07) is 3.52. The molecular weight excluding hydrogens is 269 g/mol. The highest BCUT2D eigenvalue weighted by Crippen LogP contribution is 2.35. The van der Waals surface area contributed by atoms with Crippen LogP contribution in [0.3, 0.4) is 0 Å². The van der Waals surface area contributed by atoms with Gasteiger partial charge in [-0.1, -0.05) is 34.1 Å². The average Bonchev–Trinajstić information content (AvgIpc) is 2.14. The summed E-state index contributed by atoms with van der Waals surface area (Å²) in [4.78, 5) is 0. The average molecular weight is 282 g/mol. The SMILES string of the molecule is [2H]C([2H])([2H])c1ccc(/C(=C/C)C(F)(F)F)cc1Br.